The summed E-state index contributed by atoms with van der Waals surface area (Å²) in [4.78, 5) is 4.41. The monoisotopic (exact) mass is 384 g/mol. The molecule has 1 aromatic carbocycles. The summed E-state index contributed by atoms with van der Waals surface area (Å²) in [6.07, 6.45) is 0. The Morgan fingerprint density at radius 1 is 1.21 bits per heavy atom. The highest BCUT2D eigenvalue weighted by atomic mass is 79.9. The number of nitrogens with zero attached hydrogens (tertiary/aromatic N) is 1. The minimum atomic E-state index is 0.431. The van der Waals surface area contributed by atoms with E-state index in [1.54, 1.807) is 0 Å². The fourth-order valence-corrected chi connectivity index (χ4v) is 3.20. The molecule has 0 spiro atoms. The van der Waals surface area contributed by atoms with Crippen LogP contribution in [0.25, 0.3) is 0 Å². The van der Waals surface area contributed by atoms with Crippen molar-refractivity contribution in [3.05, 3.63) is 56.2 Å². The number of hydrogen-bond acceptors (Lipinski definition) is 3. The highest BCUT2D eigenvalue weighted by Gasteiger charge is 2.09. The molecule has 2 aromatic rings. The number of aryl methyl sites for hydroxylation is 1. The number of hydrogen-bond donors (Lipinski definition) is 1. The first-order valence-electron chi connectivity index (χ1n) is 5.83. The van der Waals surface area contributed by atoms with Crippen molar-refractivity contribution < 1.29 is 4.74 Å². The molecule has 0 unspecified atom stereocenters. The topological polar surface area (TPSA) is 48.1 Å². The minimum Gasteiger partial charge on any atom is -0.485 e. The third-order valence-corrected chi connectivity index (χ3v) is 3.78. The fourth-order valence-electron chi connectivity index (χ4n) is 1.69. The lowest BCUT2D eigenvalue weighted by Crippen LogP contribution is -2.02. The molecular weight excluding hydrogens is 372 g/mol. The quantitative estimate of drug-likeness (QED) is 0.866. The number of ether oxygens (including phenoxy) is 1. The molecule has 0 fully saturated rings. The van der Waals surface area contributed by atoms with Crippen LogP contribution in [0.4, 0.5) is 0 Å². The van der Waals surface area contributed by atoms with Gasteiger partial charge in [0.25, 0.3) is 0 Å². The molecule has 0 aliphatic rings. The van der Waals surface area contributed by atoms with Gasteiger partial charge in [0.05, 0.1) is 14.6 Å². The summed E-state index contributed by atoms with van der Waals surface area (Å²) in [6, 6.07) is 9.81. The Labute approximate surface area is 129 Å². The number of rotatable bonds is 4. The predicted molar refractivity (Wildman–Crippen MR) is 83.0 cm³/mol. The summed E-state index contributed by atoms with van der Waals surface area (Å²) in [5.74, 6) is 0.764. The maximum atomic E-state index is 5.81. The molecular formula is C14H14Br2N2O. The molecule has 0 aliphatic carbocycles. The lowest BCUT2D eigenvalue weighted by Gasteiger charge is -2.11. The van der Waals surface area contributed by atoms with E-state index in [1.165, 1.54) is 0 Å². The molecule has 0 saturated heterocycles. The Morgan fingerprint density at radius 2 is 1.89 bits per heavy atom. The van der Waals surface area contributed by atoms with Gasteiger partial charge < -0.3 is 10.5 Å². The van der Waals surface area contributed by atoms with Crippen molar-refractivity contribution in [3.8, 4) is 5.75 Å². The van der Waals surface area contributed by atoms with Crippen molar-refractivity contribution in [2.45, 2.75) is 20.1 Å². The molecule has 1 heterocycles. The van der Waals surface area contributed by atoms with Crippen LogP contribution in [-0.4, -0.2) is 4.98 Å². The summed E-state index contributed by atoms with van der Waals surface area (Å²) in [6.45, 7) is 2.89. The van der Waals surface area contributed by atoms with Crippen molar-refractivity contribution in [2.24, 2.45) is 5.73 Å². The van der Waals surface area contributed by atoms with Crippen LogP contribution in [-0.2, 0) is 13.2 Å². The zero-order valence-corrected chi connectivity index (χ0v) is 13.7. The van der Waals surface area contributed by atoms with Gasteiger partial charge in [-0.3, -0.25) is 4.98 Å². The Bertz CT molecular complexity index is 564. The van der Waals surface area contributed by atoms with Crippen LogP contribution in [0.5, 0.6) is 5.75 Å². The van der Waals surface area contributed by atoms with Gasteiger partial charge in [0, 0.05) is 12.2 Å². The van der Waals surface area contributed by atoms with Crippen LogP contribution in [0.2, 0.25) is 0 Å². The number of pyridine rings is 1. The molecule has 0 bridgehead atoms. The van der Waals surface area contributed by atoms with Crippen molar-refractivity contribution in [3.63, 3.8) is 0 Å². The molecule has 0 aliphatic heterocycles. The maximum absolute atomic E-state index is 5.81. The zero-order chi connectivity index (χ0) is 13.8. The first-order chi connectivity index (χ1) is 9.10. The van der Waals surface area contributed by atoms with Crippen molar-refractivity contribution >= 4 is 31.9 Å². The van der Waals surface area contributed by atoms with E-state index in [9.17, 15) is 0 Å². The Kier molecular flexibility index (Phi) is 4.96. The number of aromatic nitrogens is 1. The van der Waals surface area contributed by atoms with E-state index in [-0.39, 0.29) is 0 Å². The van der Waals surface area contributed by atoms with Crippen LogP contribution in [0, 0.1) is 6.92 Å². The van der Waals surface area contributed by atoms with E-state index in [0.29, 0.717) is 13.2 Å². The van der Waals surface area contributed by atoms with Crippen LogP contribution < -0.4 is 10.5 Å². The Hall–Kier alpha value is -0.910. The predicted octanol–water partition coefficient (Wildman–Crippen LogP) is 3.95. The summed E-state index contributed by atoms with van der Waals surface area (Å²) in [5, 5.41) is 0. The lowest BCUT2D eigenvalue weighted by atomic mass is 10.2. The molecule has 2 N–H and O–H groups in total. The Morgan fingerprint density at radius 3 is 2.47 bits per heavy atom. The summed E-state index contributed by atoms with van der Waals surface area (Å²) >= 11 is 6.99. The molecule has 19 heavy (non-hydrogen) atoms. The van der Waals surface area contributed by atoms with Gasteiger partial charge in [0.2, 0.25) is 0 Å². The van der Waals surface area contributed by atoms with E-state index in [4.69, 9.17) is 10.5 Å². The van der Waals surface area contributed by atoms with Crippen molar-refractivity contribution in [1.82, 2.24) is 4.98 Å². The minimum absolute atomic E-state index is 0.431. The van der Waals surface area contributed by atoms with Crippen LogP contribution >= 0.6 is 31.9 Å². The highest BCUT2D eigenvalue weighted by Crippen LogP contribution is 2.35. The van der Waals surface area contributed by atoms with Gasteiger partial charge in [-0.2, -0.15) is 0 Å². The van der Waals surface area contributed by atoms with Crippen molar-refractivity contribution in [1.29, 1.82) is 0 Å². The van der Waals surface area contributed by atoms with Gasteiger partial charge in [-0.1, -0.05) is 6.07 Å². The second kappa shape index (κ2) is 6.50. The van der Waals surface area contributed by atoms with E-state index >= 15 is 0 Å². The SMILES string of the molecule is Cc1cccc(COc2c(Br)cc(CN)cc2Br)n1. The van der Waals surface area contributed by atoms with E-state index in [2.05, 4.69) is 36.8 Å². The molecule has 0 radical (unpaired) electrons. The van der Waals surface area contributed by atoms with Gasteiger partial charge in [0.1, 0.15) is 12.4 Å². The van der Waals surface area contributed by atoms with Crippen molar-refractivity contribution in [2.75, 3.05) is 0 Å². The normalized spacial score (nSPS) is 10.5. The second-order valence-electron chi connectivity index (χ2n) is 4.15. The molecule has 5 heteroatoms. The van der Waals surface area contributed by atoms with Crippen LogP contribution in [0.1, 0.15) is 17.0 Å². The smallest absolute Gasteiger partial charge is 0.148 e. The van der Waals surface area contributed by atoms with Crippen LogP contribution in [0.15, 0.2) is 39.3 Å². The molecule has 0 atom stereocenters. The fraction of sp³-hybridized carbons (Fsp3) is 0.214. The average molecular weight is 386 g/mol. The maximum Gasteiger partial charge on any atom is 0.148 e. The molecule has 0 amide bonds. The van der Waals surface area contributed by atoms with Gasteiger partial charge in [0.15, 0.2) is 0 Å². The van der Waals surface area contributed by atoms with E-state index in [0.717, 1.165) is 31.6 Å². The van der Waals surface area contributed by atoms with Gasteiger partial charge in [-0.15, -0.1) is 0 Å². The summed E-state index contributed by atoms with van der Waals surface area (Å²) in [5.41, 5.74) is 8.56. The van der Waals surface area contributed by atoms with Gasteiger partial charge in [-0.25, -0.2) is 0 Å². The molecule has 1 aromatic heterocycles. The second-order valence-corrected chi connectivity index (χ2v) is 5.86. The first-order valence-corrected chi connectivity index (χ1v) is 7.42. The van der Waals surface area contributed by atoms with Crippen LogP contribution in [0.3, 0.4) is 0 Å². The summed E-state index contributed by atoms with van der Waals surface area (Å²) < 4.78 is 7.58. The molecule has 0 saturated carbocycles. The van der Waals surface area contributed by atoms with E-state index in [1.807, 2.05) is 37.3 Å². The Balaban J connectivity index is 2.16. The highest BCUT2D eigenvalue weighted by molar-refractivity contribution is 9.11. The number of benzene rings is 1. The van der Waals surface area contributed by atoms with Gasteiger partial charge >= 0.3 is 0 Å². The number of nitrogens with two attached hydrogens (primary N) is 1. The molecule has 3 nitrogen and oxygen atoms in total. The van der Waals surface area contributed by atoms with Gasteiger partial charge in [-0.05, 0) is 68.6 Å². The average Bonchev–Trinajstić information content (AvgIpc) is 2.37. The third-order valence-electron chi connectivity index (χ3n) is 2.60. The third kappa shape index (κ3) is 3.78. The standard InChI is InChI=1S/C14H14Br2N2O/c1-9-3-2-4-11(18-9)8-19-14-12(15)5-10(7-17)6-13(14)16/h2-6H,7-8,17H2,1H3. The van der Waals surface area contributed by atoms with E-state index < -0.39 is 0 Å². The summed E-state index contributed by atoms with van der Waals surface area (Å²) in [7, 11) is 0. The molecule has 2 rings (SSSR count). The molecule has 100 valence electrons. The zero-order valence-electron chi connectivity index (χ0n) is 10.5. The largest absolute Gasteiger partial charge is 0.485 e. The first kappa shape index (κ1) is 14.5. The number of halogens is 2. The lowest BCUT2D eigenvalue weighted by molar-refractivity contribution is 0.297.